The van der Waals surface area contributed by atoms with E-state index in [-0.39, 0.29) is 28.8 Å². The number of oxime groups is 1. The number of nitrogen functional groups attached to an aromatic ring is 3. The van der Waals surface area contributed by atoms with E-state index in [4.69, 9.17) is 22.0 Å². The third kappa shape index (κ3) is 5.07. The van der Waals surface area contributed by atoms with Crippen molar-refractivity contribution in [1.82, 2.24) is 19.9 Å². The average molecular weight is 581 g/mol. The van der Waals surface area contributed by atoms with Crippen molar-refractivity contribution < 1.29 is 38.9 Å². The summed E-state index contributed by atoms with van der Waals surface area (Å²) in [6.07, 6.45) is 1.57. The Morgan fingerprint density at radius 2 is 2.00 bits per heavy atom. The maximum Gasteiger partial charge on any atom is 0.352 e. The third-order valence-electron chi connectivity index (χ3n) is 6.07. The zero-order valence-electron chi connectivity index (χ0n) is 20.9. The highest BCUT2D eigenvalue weighted by molar-refractivity contribution is 8.00. The first-order valence-corrected chi connectivity index (χ1v) is 13.2. The van der Waals surface area contributed by atoms with Crippen LogP contribution in [0.4, 0.5) is 16.6 Å². The fourth-order valence-corrected chi connectivity index (χ4v) is 5.68. The lowest BCUT2D eigenvalue weighted by molar-refractivity contribution is -0.765. The van der Waals surface area contributed by atoms with E-state index in [0.29, 0.717) is 17.1 Å². The molecule has 4 rings (SSSR count). The number of anilines is 3. The minimum absolute atomic E-state index is 0.0164. The summed E-state index contributed by atoms with van der Waals surface area (Å²) in [7, 11) is 1.67. The molecule has 1 saturated heterocycles. The van der Waals surface area contributed by atoms with Crippen LogP contribution in [0.15, 0.2) is 28.0 Å². The summed E-state index contributed by atoms with van der Waals surface area (Å²) < 4.78 is 3.20. The molecular weight excluding hydrogens is 554 g/mol. The number of carboxylic acids is 2. The number of rotatable bonds is 9. The van der Waals surface area contributed by atoms with Gasteiger partial charge in [-0.3, -0.25) is 14.5 Å². The van der Waals surface area contributed by atoms with E-state index in [1.165, 1.54) is 31.0 Å². The quantitative estimate of drug-likeness (QED) is 0.0862. The molecule has 2 aromatic heterocycles. The van der Waals surface area contributed by atoms with Gasteiger partial charge in [-0.05, 0) is 13.8 Å². The number of hydrogen-bond acceptors (Lipinski definition) is 12. The van der Waals surface area contributed by atoms with E-state index in [0.717, 1.165) is 16.2 Å². The zero-order valence-corrected chi connectivity index (χ0v) is 22.6. The second-order valence-corrected chi connectivity index (χ2v) is 11.1. The second-order valence-electron chi connectivity index (χ2n) is 9.13. The van der Waals surface area contributed by atoms with Gasteiger partial charge in [0.25, 0.3) is 11.8 Å². The molecule has 2 atom stereocenters. The molecular formula is C21H26N9O7S2+. The average Bonchev–Trinajstić information content (AvgIpc) is 3.40. The SMILES string of the molecule is Cn1c(N)c(N)c[n+]1CC1=C(C(=O)O)N2C(=O)[C@@H](NC(=O)/C(=N/OC(C)(C)C(=O)O)c3csc(N)n3)[C@H]2SC1. The van der Waals surface area contributed by atoms with Crippen molar-refractivity contribution in [3.8, 4) is 0 Å². The molecule has 18 heteroatoms. The number of aliphatic carboxylic acids is 2. The molecule has 0 spiro atoms. The van der Waals surface area contributed by atoms with Gasteiger partial charge in [-0.2, -0.15) is 0 Å². The first-order chi connectivity index (χ1) is 18.2. The van der Waals surface area contributed by atoms with Crippen molar-refractivity contribution in [3.63, 3.8) is 0 Å². The summed E-state index contributed by atoms with van der Waals surface area (Å²) in [4.78, 5) is 60.1. The zero-order chi connectivity index (χ0) is 28.8. The Labute approximate surface area is 229 Å². The van der Waals surface area contributed by atoms with Crippen LogP contribution >= 0.6 is 23.1 Å². The Morgan fingerprint density at radius 1 is 1.31 bits per heavy atom. The van der Waals surface area contributed by atoms with Gasteiger partial charge in [0.2, 0.25) is 11.8 Å². The number of thiazole rings is 1. The number of nitrogens with zero attached hydrogens (tertiary/aromatic N) is 5. The van der Waals surface area contributed by atoms with E-state index in [9.17, 15) is 29.4 Å². The molecule has 2 amide bonds. The van der Waals surface area contributed by atoms with Gasteiger partial charge in [-0.25, -0.2) is 14.6 Å². The van der Waals surface area contributed by atoms with Gasteiger partial charge in [0.05, 0.1) is 7.05 Å². The number of amides is 2. The Bertz CT molecular complexity index is 1440. The molecule has 0 unspecified atom stereocenters. The number of nitrogens with two attached hydrogens (primary N) is 3. The summed E-state index contributed by atoms with van der Waals surface area (Å²) in [6.45, 7) is 2.60. The lowest BCUT2D eigenvalue weighted by atomic mass is 10.0. The molecule has 0 bridgehead atoms. The predicted molar refractivity (Wildman–Crippen MR) is 140 cm³/mol. The van der Waals surface area contributed by atoms with E-state index in [2.05, 4.69) is 15.5 Å². The van der Waals surface area contributed by atoms with Crippen LogP contribution in [-0.4, -0.2) is 77.0 Å². The summed E-state index contributed by atoms with van der Waals surface area (Å²) >= 11 is 2.29. The highest BCUT2D eigenvalue weighted by atomic mass is 32.2. The van der Waals surface area contributed by atoms with Gasteiger partial charge >= 0.3 is 11.9 Å². The molecule has 4 heterocycles. The van der Waals surface area contributed by atoms with Gasteiger partial charge in [-0.15, -0.1) is 32.5 Å². The van der Waals surface area contributed by atoms with Crippen LogP contribution in [0, 0.1) is 0 Å². The largest absolute Gasteiger partial charge is 0.478 e. The molecule has 2 aliphatic rings. The van der Waals surface area contributed by atoms with E-state index in [1.807, 2.05) is 0 Å². The number of β-lactam (4-membered cyclic amide) rings is 1. The van der Waals surface area contributed by atoms with Crippen LogP contribution in [0.25, 0.3) is 0 Å². The molecule has 0 saturated carbocycles. The number of nitrogens with one attached hydrogen (secondary N) is 1. The molecule has 2 aliphatic heterocycles. The van der Waals surface area contributed by atoms with Crippen molar-refractivity contribution in [1.29, 1.82) is 0 Å². The van der Waals surface area contributed by atoms with E-state index >= 15 is 0 Å². The highest BCUT2D eigenvalue weighted by Crippen LogP contribution is 2.40. The van der Waals surface area contributed by atoms with Crippen LogP contribution in [0.3, 0.4) is 0 Å². The number of aromatic nitrogens is 3. The lowest BCUT2D eigenvalue weighted by Crippen LogP contribution is -2.71. The molecule has 9 N–H and O–H groups in total. The van der Waals surface area contributed by atoms with Gasteiger partial charge < -0.3 is 37.6 Å². The Hall–Kier alpha value is -4.32. The summed E-state index contributed by atoms with van der Waals surface area (Å²) in [5.41, 5.74) is 15.9. The fraction of sp³-hybridized carbons (Fsp3) is 0.381. The Morgan fingerprint density at radius 3 is 2.54 bits per heavy atom. The number of thioether (sulfide) groups is 1. The van der Waals surface area contributed by atoms with E-state index in [1.54, 1.807) is 22.6 Å². The standard InChI is InChI=1S/C21H25N9O7S2/c1-21(2,19(35)36)37-27-11(10-7-39-20(24)25-10)15(31)26-12-16(32)30-13(18(33)34)8(6-38-17(12)30)4-29-5-9(22)14(23)28(29)3/h5,7,12,17,23H,4,6,22H2,1-3H3,(H5,24,25,26,31,33,34,35,36)/p+1/b27-11+/t12-,17-/m1/s1. The summed E-state index contributed by atoms with van der Waals surface area (Å²) in [5, 5.41) is 26.3. The monoisotopic (exact) mass is 580 g/mol. The maximum atomic E-state index is 13.2. The highest BCUT2D eigenvalue weighted by Gasteiger charge is 2.55. The lowest BCUT2D eigenvalue weighted by Gasteiger charge is -2.49. The van der Waals surface area contributed by atoms with Crippen molar-refractivity contribution >= 4 is 69.2 Å². The van der Waals surface area contributed by atoms with Crippen molar-refractivity contribution in [2.24, 2.45) is 12.2 Å². The van der Waals surface area contributed by atoms with Crippen LogP contribution in [0.1, 0.15) is 19.5 Å². The number of carbonyl (C=O) groups is 4. The third-order valence-corrected chi connectivity index (χ3v) is 8.08. The summed E-state index contributed by atoms with van der Waals surface area (Å²) in [5.74, 6) is -3.58. The van der Waals surface area contributed by atoms with Crippen LogP contribution < -0.4 is 27.2 Å². The second kappa shape index (κ2) is 10.1. The topological polar surface area (TPSA) is 245 Å². The van der Waals surface area contributed by atoms with Crippen molar-refractivity contribution in [3.05, 3.63) is 28.5 Å². The normalized spacial score (nSPS) is 19.4. The Kier molecular flexibility index (Phi) is 7.17. The van der Waals surface area contributed by atoms with Gasteiger partial charge in [0.15, 0.2) is 23.2 Å². The van der Waals surface area contributed by atoms with Crippen LogP contribution in [0.5, 0.6) is 0 Å². The fourth-order valence-electron chi connectivity index (χ4n) is 3.80. The van der Waals surface area contributed by atoms with Crippen LogP contribution in [-0.2, 0) is 37.6 Å². The Balaban J connectivity index is 1.57. The number of hydrogen-bond donors (Lipinski definition) is 6. The number of fused-ring (bicyclic) bond motifs is 1. The van der Waals surface area contributed by atoms with Crippen LogP contribution in [0.2, 0.25) is 0 Å². The maximum absolute atomic E-state index is 13.2. The van der Waals surface area contributed by atoms with Crippen molar-refractivity contribution in [2.75, 3.05) is 23.0 Å². The molecule has 39 heavy (non-hydrogen) atoms. The van der Waals surface area contributed by atoms with Gasteiger partial charge in [0.1, 0.15) is 28.5 Å². The summed E-state index contributed by atoms with van der Waals surface area (Å²) in [6, 6.07) is -1.08. The van der Waals surface area contributed by atoms with Gasteiger partial charge in [0, 0.05) is 16.7 Å². The van der Waals surface area contributed by atoms with E-state index < -0.39 is 46.5 Å². The number of carbonyl (C=O) groups excluding carboxylic acids is 2. The predicted octanol–water partition coefficient (Wildman–Crippen LogP) is -1.46. The molecule has 1 fully saturated rings. The minimum atomic E-state index is -1.77. The van der Waals surface area contributed by atoms with Gasteiger partial charge in [-0.1, -0.05) is 5.16 Å². The molecule has 16 nitrogen and oxygen atoms in total. The molecule has 208 valence electrons. The molecule has 0 aliphatic carbocycles. The first-order valence-electron chi connectivity index (χ1n) is 11.2. The molecule has 2 aromatic rings. The van der Waals surface area contributed by atoms with Crippen molar-refractivity contribution in [2.45, 2.75) is 37.4 Å². The minimum Gasteiger partial charge on any atom is -0.478 e. The molecule has 0 radical (unpaired) electrons. The first kappa shape index (κ1) is 27.7. The molecule has 0 aromatic carbocycles. The number of carboxylic acid groups (broad SMARTS) is 2. The smallest absolute Gasteiger partial charge is 0.352 e.